The summed E-state index contributed by atoms with van der Waals surface area (Å²) in [4.78, 5) is 12.1. The Balaban J connectivity index is 2.08. The second kappa shape index (κ2) is 7.39. The van der Waals surface area contributed by atoms with E-state index in [-0.39, 0.29) is 35.2 Å². The fourth-order valence-electron chi connectivity index (χ4n) is 2.34. The number of aliphatic hydroxyl groups excluding tert-OH is 1. The van der Waals surface area contributed by atoms with Crippen LogP contribution in [0.15, 0.2) is 20.1 Å². The van der Waals surface area contributed by atoms with Crippen molar-refractivity contribution in [2.75, 3.05) is 19.7 Å². The molecule has 2 atom stereocenters. The average molecular weight is 411 g/mol. The van der Waals surface area contributed by atoms with Gasteiger partial charge in [0.25, 0.3) is 10.0 Å². The Morgan fingerprint density at radius 1 is 1.59 bits per heavy atom. The predicted molar refractivity (Wildman–Crippen MR) is 88.2 cm³/mol. The Kier molecular flexibility index (Phi) is 6.00. The van der Waals surface area contributed by atoms with Crippen LogP contribution in [0.5, 0.6) is 0 Å². The van der Waals surface area contributed by atoms with Crippen LogP contribution in [-0.2, 0) is 14.8 Å². The van der Waals surface area contributed by atoms with Crippen LogP contribution in [0, 0.1) is 5.92 Å². The average Bonchev–Trinajstić information content (AvgIpc) is 2.94. The number of hydrogen-bond acceptors (Lipinski definition) is 5. The molecular weight excluding hydrogens is 392 g/mol. The first-order valence-electron chi connectivity index (χ1n) is 7.01. The van der Waals surface area contributed by atoms with E-state index in [1.807, 2.05) is 0 Å². The summed E-state index contributed by atoms with van der Waals surface area (Å²) in [5.74, 6) is -0.574. The van der Waals surface area contributed by atoms with Crippen molar-refractivity contribution in [3.05, 3.63) is 15.9 Å². The van der Waals surface area contributed by atoms with Crippen LogP contribution < -0.4 is 5.32 Å². The SMILES string of the molecule is CC(CO)NC(=O)C1CCCN(S(=O)(=O)c2ccc(Br)s2)C1. The molecule has 1 amide bonds. The first-order chi connectivity index (χ1) is 10.3. The molecule has 0 aromatic carbocycles. The van der Waals surface area contributed by atoms with E-state index in [2.05, 4.69) is 21.2 Å². The first kappa shape index (κ1) is 17.9. The number of rotatable bonds is 5. The van der Waals surface area contributed by atoms with Crippen LogP contribution in [0.3, 0.4) is 0 Å². The minimum absolute atomic E-state index is 0.135. The molecule has 0 spiro atoms. The van der Waals surface area contributed by atoms with Crippen LogP contribution in [-0.4, -0.2) is 49.5 Å². The monoisotopic (exact) mass is 410 g/mol. The van der Waals surface area contributed by atoms with Gasteiger partial charge in [-0.15, -0.1) is 11.3 Å². The molecule has 0 saturated carbocycles. The minimum atomic E-state index is -3.55. The maximum Gasteiger partial charge on any atom is 0.252 e. The molecule has 1 aliphatic heterocycles. The lowest BCUT2D eigenvalue weighted by atomic mass is 9.98. The molecule has 2 rings (SSSR count). The molecule has 0 radical (unpaired) electrons. The predicted octanol–water partition coefficient (Wildman–Crippen LogP) is 1.41. The van der Waals surface area contributed by atoms with E-state index >= 15 is 0 Å². The summed E-state index contributed by atoms with van der Waals surface area (Å²) in [7, 11) is -3.55. The molecule has 0 aliphatic carbocycles. The summed E-state index contributed by atoms with van der Waals surface area (Å²) < 4.78 is 27.6. The first-order valence-corrected chi connectivity index (χ1v) is 10.1. The molecule has 2 heterocycles. The van der Waals surface area contributed by atoms with Crippen molar-refractivity contribution in [2.45, 2.75) is 30.0 Å². The second-order valence-electron chi connectivity index (χ2n) is 5.35. The van der Waals surface area contributed by atoms with Crippen LogP contribution in [0.4, 0.5) is 0 Å². The van der Waals surface area contributed by atoms with E-state index < -0.39 is 10.0 Å². The highest BCUT2D eigenvalue weighted by Gasteiger charge is 2.34. The van der Waals surface area contributed by atoms with Crippen LogP contribution in [0.1, 0.15) is 19.8 Å². The molecular formula is C13H19BrN2O4S2. The van der Waals surface area contributed by atoms with Gasteiger partial charge in [-0.25, -0.2) is 8.42 Å². The number of nitrogens with one attached hydrogen (secondary N) is 1. The Morgan fingerprint density at radius 2 is 2.32 bits per heavy atom. The zero-order valence-corrected chi connectivity index (χ0v) is 15.4. The van der Waals surface area contributed by atoms with Gasteiger partial charge in [-0.1, -0.05) is 0 Å². The molecule has 22 heavy (non-hydrogen) atoms. The fourth-order valence-corrected chi connectivity index (χ4v) is 6.03. The highest BCUT2D eigenvalue weighted by molar-refractivity contribution is 9.11. The second-order valence-corrected chi connectivity index (χ2v) is 9.98. The molecule has 1 aromatic rings. The van der Waals surface area contributed by atoms with E-state index in [4.69, 9.17) is 5.11 Å². The third-order valence-corrected chi connectivity index (χ3v) is 7.52. The van der Waals surface area contributed by atoms with Gasteiger partial charge in [0.2, 0.25) is 5.91 Å². The zero-order chi connectivity index (χ0) is 16.3. The zero-order valence-electron chi connectivity index (χ0n) is 12.2. The number of aliphatic hydroxyl groups is 1. The van der Waals surface area contributed by atoms with Gasteiger partial charge < -0.3 is 10.4 Å². The molecule has 1 aliphatic rings. The van der Waals surface area contributed by atoms with Gasteiger partial charge in [0.1, 0.15) is 4.21 Å². The lowest BCUT2D eigenvalue weighted by Crippen LogP contribution is -2.47. The normalized spacial score (nSPS) is 21.5. The Bertz CT molecular complexity index is 632. The summed E-state index contributed by atoms with van der Waals surface area (Å²) in [6, 6.07) is 2.95. The van der Waals surface area contributed by atoms with E-state index in [1.165, 1.54) is 15.6 Å². The van der Waals surface area contributed by atoms with Gasteiger partial charge >= 0.3 is 0 Å². The number of halogens is 1. The molecule has 1 fully saturated rings. The van der Waals surface area contributed by atoms with Crippen molar-refractivity contribution >= 4 is 43.2 Å². The fraction of sp³-hybridized carbons (Fsp3) is 0.615. The third kappa shape index (κ3) is 4.08. The smallest absolute Gasteiger partial charge is 0.252 e. The number of amides is 1. The maximum absolute atomic E-state index is 12.6. The number of nitrogens with zero attached hydrogens (tertiary/aromatic N) is 1. The summed E-state index contributed by atoms with van der Waals surface area (Å²) in [6.07, 6.45) is 1.31. The van der Waals surface area contributed by atoms with Crippen molar-refractivity contribution in [1.29, 1.82) is 0 Å². The lowest BCUT2D eigenvalue weighted by Gasteiger charge is -2.31. The van der Waals surface area contributed by atoms with Gasteiger partial charge in [-0.2, -0.15) is 4.31 Å². The van der Waals surface area contributed by atoms with E-state index in [0.29, 0.717) is 19.4 Å². The number of piperidine rings is 1. The Hall–Kier alpha value is -0.480. The van der Waals surface area contributed by atoms with Crippen molar-refractivity contribution in [2.24, 2.45) is 5.92 Å². The summed E-state index contributed by atoms with van der Waals surface area (Å²) >= 11 is 4.43. The van der Waals surface area contributed by atoms with Crippen molar-refractivity contribution < 1.29 is 18.3 Å². The van der Waals surface area contributed by atoms with Gasteiger partial charge in [-0.3, -0.25) is 4.79 Å². The number of hydrogen-bond donors (Lipinski definition) is 2. The Labute approximate surface area is 142 Å². The van der Waals surface area contributed by atoms with Gasteiger partial charge in [0, 0.05) is 19.1 Å². The molecule has 2 N–H and O–H groups in total. The summed E-state index contributed by atoms with van der Waals surface area (Å²) in [5.41, 5.74) is 0. The minimum Gasteiger partial charge on any atom is -0.394 e. The number of carbonyl (C=O) groups is 1. The molecule has 124 valence electrons. The van der Waals surface area contributed by atoms with Gasteiger partial charge in [0.05, 0.1) is 16.3 Å². The molecule has 1 saturated heterocycles. The van der Waals surface area contributed by atoms with E-state index in [1.54, 1.807) is 19.1 Å². The van der Waals surface area contributed by atoms with Crippen LogP contribution >= 0.6 is 27.3 Å². The van der Waals surface area contributed by atoms with Crippen LogP contribution in [0.2, 0.25) is 0 Å². The third-order valence-electron chi connectivity index (χ3n) is 3.56. The molecule has 9 heteroatoms. The van der Waals surface area contributed by atoms with Crippen LogP contribution in [0.25, 0.3) is 0 Å². The highest BCUT2D eigenvalue weighted by atomic mass is 79.9. The van der Waals surface area contributed by atoms with Crippen molar-refractivity contribution in [3.63, 3.8) is 0 Å². The highest BCUT2D eigenvalue weighted by Crippen LogP contribution is 2.30. The summed E-state index contributed by atoms with van der Waals surface area (Å²) in [5, 5.41) is 11.7. The standard InChI is InChI=1S/C13H19BrN2O4S2/c1-9(8-17)15-13(18)10-3-2-6-16(7-10)22(19,20)12-5-4-11(14)21-12/h4-5,9-10,17H,2-3,6-8H2,1H3,(H,15,18). The quantitative estimate of drug-likeness (QED) is 0.767. The Morgan fingerprint density at radius 3 is 2.91 bits per heavy atom. The summed E-state index contributed by atoms with van der Waals surface area (Å²) in [6.45, 7) is 2.18. The van der Waals surface area contributed by atoms with E-state index in [9.17, 15) is 13.2 Å². The van der Waals surface area contributed by atoms with Gasteiger partial charge in [-0.05, 0) is 47.8 Å². The molecule has 6 nitrogen and oxygen atoms in total. The number of thiophene rings is 1. The molecule has 2 unspecified atom stereocenters. The molecule has 0 bridgehead atoms. The largest absolute Gasteiger partial charge is 0.394 e. The lowest BCUT2D eigenvalue weighted by molar-refractivity contribution is -0.127. The van der Waals surface area contributed by atoms with Gasteiger partial charge in [0.15, 0.2) is 0 Å². The number of sulfonamides is 1. The molecule has 1 aromatic heterocycles. The number of carbonyl (C=O) groups excluding carboxylic acids is 1. The topological polar surface area (TPSA) is 86.7 Å². The van der Waals surface area contributed by atoms with Crippen molar-refractivity contribution in [1.82, 2.24) is 9.62 Å². The van der Waals surface area contributed by atoms with Crippen molar-refractivity contribution in [3.8, 4) is 0 Å². The maximum atomic E-state index is 12.6. The van der Waals surface area contributed by atoms with E-state index in [0.717, 1.165) is 3.79 Å².